The number of fused-ring (bicyclic) bond motifs is 1. The van der Waals surface area contributed by atoms with Crippen LogP contribution in [0.4, 0.5) is 0 Å². The van der Waals surface area contributed by atoms with Crippen LogP contribution in [0.2, 0.25) is 0 Å². The third kappa shape index (κ3) is 4.84. The number of hydrogen-bond donors (Lipinski definition) is 0. The molecule has 2 aromatic carbocycles. The zero-order valence-electron chi connectivity index (χ0n) is 19.2. The van der Waals surface area contributed by atoms with Crippen molar-refractivity contribution in [2.75, 3.05) is 6.61 Å². The molecule has 2 aliphatic rings. The van der Waals surface area contributed by atoms with Gasteiger partial charge in [0.15, 0.2) is 0 Å². The monoisotopic (exact) mass is 414 g/mol. The van der Waals surface area contributed by atoms with Crippen molar-refractivity contribution < 1.29 is 9.53 Å². The second-order valence-corrected chi connectivity index (χ2v) is 9.51. The van der Waals surface area contributed by atoms with Crippen molar-refractivity contribution in [1.29, 1.82) is 0 Å². The van der Waals surface area contributed by atoms with Gasteiger partial charge in [0.05, 0.1) is 12.2 Å². The van der Waals surface area contributed by atoms with Gasteiger partial charge in [0.2, 0.25) is 0 Å². The van der Waals surface area contributed by atoms with Gasteiger partial charge in [-0.2, -0.15) is 0 Å². The molecule has 1 saturated carbocycles. The molecule has 2 heteroatoms. The lowest BCUT2D eigenvalue weighted by Gasteiger charge is -2.36. The van der Waals surface area contributed by atoms with Crippen molar-refractivity contribution in [2.24, 2.45) is 0 Å². The SMILES string of the molecule is CCOC(=O)c1ccc(/C=C/c2ccc3c(c2)C(=C2CCCCC2)CCC3(C)C)cc1. The molecule has 4 rings (SSSR count). The third-order valence-corrected chi connectivity index (χ3v) is 6.87. The van der Waals surface area contributed by atoms with E-state index < -0.39 is 0 Å². The topological polar surface area (TPSA) is 26.3 Å². The summed E-state index contributed by atoms with van der Waals surface area (Å²) in [6.07, 6.45) is 13.4. The maximum atomic E-state index is 11.8. The summed E-state index contributed by atoms with van der Waals surface area (Å²) in [5.41, 5.74) is 9.46. The summed E-state index contributed by atoms with van der Waals surface area (Å²) < 4.78 is 5.07. The number of esters is 1. The predicted octanol–water partition coefficient (Wildman–Crippen LogP) is 7.82. The second-order valence-electron chi connectivity index (χ2n) is 9.51. The molecule has 162 valence electrons. The van der Waals surface area contributed by atoms with E-state index in [4.69, 9.17) is 4.74 Å². The lowest BCUT2D eigenvalue weighted by molar-refractivity contribution is 0.0526. The van der Waals surface area contributed by atoms with E-state index in [2.05, 4.69) is 44.2 Å². The van der Waals surface area contributed by atoms with Gasteiger partial charge in [-0.15, -0.1) is 0 Å². The standard InChI is InChI=1S/C29H34O2/c1-4-31-28(30)24-15-12-21(13-16-24)10-11-22-14-17-27-26(20-22)25(18-19-29(27,2)3)23-8-6-5-7-9-23/h10-17,20H,4-9,18-19H2,1-3H3/b11-10+. The number of carbonyl (C=O) groups is 1. The molecule has 0 bridgehead atoms. The van der Waals surface area contributed by atoms with E-state index in [1.807, 2.05) is 31.2 Å². The van der Waals surface area contributed by atoms with Crippen LogP contribution in [-0.4, -0.2) is 12.6 Å². The first kappa shape index (κ1) is 21.6. The van der Waals surface area contributed by atoms with Crippen molar-refractivity contribution >= 4 is 23.7 Å². The van der Waals surface area contributed by atoms with Crippen LogP contribution < -0.4 is 0 Å². The van der Waals surface area contributed by atoms with Gasteiger partial charge in [0.1, 0.15) is 0 Å². The van der Waals surface area contributed by atoms with E-state index in [1.54, 1.807) is 11.1 Å². The molecule has 31 heavy (non-hydrogen) atoms. The Morgan fingerprint density at radius 2 is 1.61 bits per heavy atom. The van der Waals surface area contributed by atoms with Crippen LogP contribution >= 0.6 is 0 Å². The minimum Gasteiger partial charge on any atom is -0.462 e. The van der Waals surface area contributed by atoms with Crippen LogP contribution in [0.1, 0.15) is 98.3 Å². The average Bonchev–Trinajstić information content (AvgIpc) is 2.79. The summed E-state index contributed by atoms with van der Waals surface area (Å²) in [5.74, 6) is -0.265. The summed E-state index contributed by atoms with van der Waals surface area (Å²) in [5, 5.41) is 0. The van der Waals surface area contributed by atoms with Crippen molar-refractivity contribution in [1.82, 2.24) is 0 Å². The molecule has 0 heterocycles. The first-order chi connectivity index (χ1) is 15.0. The van der Waals surface area contributed by atoms with Crippen molar-refractivity contribution in [2.45, 2.75) is 71.1 Å². The third-order valence-electron chi connectivity index (χ3n) is 6.87. The van der Waals surface area contributed by atoms with Crippen LogP contribution in [0.25, 0.3) is 17.7 Å². The highest BCUT2D eigenvalue weighted by Crippen LogP contribution is 2.45. The van der Waals surface area contributed by atoms with Crippen LogP contribution in [0.15, 0.2) is 48.0 Å². The Labute approximate surface area is 187 Å². The van der Waals surface area contributed by atoms with Gasteiger partial charge in [-0.25, -0.2) is 4.79 Å². The molecular weight excluding hydrogens is 380 g/mol. The van der Waals surface area contributed by atoms with Crippen LogP contribution in [0, 0.1) is 0 Å². The molecule has 0 radical (unpaired) electrons. The predicted molar refractivity (Wildman–Crippen MR) is 130 cm³/mol. The highest BCUT2D eigenvalue weighted by molar-refractivity contribution is 5.89. The van der Waals surface area contributed by atoms with Crippen molar-refractivity contribution in [3.05, 3.63) is 75.9 Å². The zero-order chi connectivity index (χ0) is 21.8. The Morgan fingerprint density at radius 3 is 2.32 bits per heavy atom. The first-order valence-corrected chi connectivity index (χ1v) is 11.8. The van der Waals surface area contributed by atoms with E-state index in [9.17, 15) is 4.79 Å². The van der Waals surface area contributed by atoms with Gasteiger partial charge in [-0.1, -0.05) is 62.3 Å². The molecule has 2 nitrogen and oxygen atoms in total. The zero-order valence-corrected chi connectivity index (χ0v) is 19.2. The lowest BCUT2D eigenvalue weighted by Crippen LogP contribution is -2.24. The molecule has 2 aliphatic carbocycles. The Hall–Kier alpha value is -2.61. The van der Waals surface area contributed by atoms with E-state index in [1.165, 1.54) is 61.6 Å². The maximum Gasteiger partial charge on any atom is 0.338 e. The molecule has 0 N–H and O–H groups in total. The number of hydrogen-bond acceptors (Lipinski definition) is 2. The Bertz CT molecular complexity index is 998. The smallest absolute Gasteiger partial charge is 0.338 e. The van der Waals surface area contributed by atoms with Gasteiger partial charge in [-0.3, -0.25) is 0 Å². The molecule has 0 saturated heterocycles. The van der Waals surface area contributed by atoms with Crippen LogP contribution in [0.3, 0.4) is 0 Å². The minimum atomic E-state index is -0.265. The minimum absolute atomic E-state index is 0.235. The molecule has 1 fully saturated rings. The lowest BCUT2D eigenvalue weighted by atomic mass is 9.69. The molecular formula is C29H34O2. The summed E-state index contributed by atoms with van der Waals surface area (Å²) >= 11 is 0. The van der Waals surface area contributed by atoms with E-state index >= 15 is 0 Å². The number of ether oxygens (including phenoxy) is 1. The maximum absolute atomic E-state index is 11.8. The fraction of sp³-hybridized carbons (Fsp3) is 0.414. The Kier molecular flexibility index (Phi) is 6.46. The molecule has 0 aromatic heterocycles. The quantitative estimate of drug-likeness (QED) is 0.376. The van der Waals surface area contributed by atoms with Gasteiger partial charge in [-0.05, 0) is 96.9 Å². The van der Waals surface area contributed by atoms with Gasteiger partial charge in [0, 0.05) is 0 Å². The molecule has 0 amide bonds. The average molecular weight is 415 g/mol. The fourth-order valence-corrected chi connectivity index (χ4v) is 5.00. The molecule has 2 aromatic rings. The highest BCUT2D eigenvalue weighted by Gasteiger charge is 2.31. The summed E-state index contributed by atoms with van der Waals surface area (Å²) in [6, 6.07) is 14.6. The van der Waals surface area contributed by atoms with Gasteiger partial charge in [0.25, 0.3) is 0 Å². The first-order valence-electron chi connectivity index (χ1n) is 11.8. The second kappa shape index (κ2) is 9.26. The Morgan fingerprint density at radius 1 is 0.935 bits per heavy atom. The summed E-state index contributed by atoms with van der Waals surface area (Å²) in [4.78, 5) is 11.8. The number of benzene rings is 2. The number of rotatable bonds is 4. The summed E-state index contributed by atoms with van der Waals surface area (Å²) in [6.45, 7) is 6.99. The molecule has 0 spiro atoms. The molecule has 0 atom stereocenters. The van der Waals surface area contributed by atoms with E-state index in [0.29, 0.717) is 12.2 Å². The van der Waals surface area contributed by atoms with E-state index in [0.717, 1.165) is 5.56 Å². The van der Waals surface area contributed by atoms with E-state index in [-0.39, 0.29) is 11.4 Å². The Balaban J connectivity index is 1.61. The van der Waals surface area contributed by atoms with Crippen LogP contribution in [0.5, 0.6) is 0 Å². The molecule has 0 aliphatic heterocycles. The fourth-order valence-electron chi connectivity index (χ4n) is 5.00. The van der Waals surface area contributed by atoms with Gasteiger partial charge >= 0.3 is 5.97 Å². The molecule has 0 unspecified atom stereocenters. The highest BCUT2D eigenvalue weighted by atomic mass is 16.5. The normalized spacial score (nSPS) is 18.2. The number of carbonyl (C=O) groups excluding carboxylic acids is 1. The van der Waals surface area contributed by atoms with Crippen molar-refractivity contribution in [3.8, 4) is 0 Å². The summed E-state index contributed by atoms with van der Waals surface area (Å²) in [7, 11) is 0. The van der Waals surface area contributed by atoms with Crippen molar-refractivity contribution in [3.63, 3.8) is 0 Å². The number of allylic oxidation sites excluding steroid dienone is 2. The van der Waals surface area contributed by atoms with Gasteiger partial charge < -0.3 is 4.74 Å². The largest absolute Gasteiger partial charge is 0.462 e. The van der Waals surface area contributed by atoms with Crippen LogP contribution in [-0.2, 0) is 10.2 Å².